The molecule has 0 amide bonds. The van der Waals surface area contributed by atoms with Crippen molar-refractivity contribution in [1.82, 2.24) is 0 Å². The molecule has 0 spiro atoms. The van der Waals surface area contributed by atoms with E-state index in [0.717, 1.165) is 16.9 Å². The summed E-state index contributed by atoms with van der Waals surface area (Å²) in [5.41, 5.74) is 6.60. The molecular formula is C11H16FNS. The van der Waals surface area contributed by atoms with Crippen LogP contribution >= 0.6 is 11.8 Å². The molecule has 78 valence electrons. The van der Waals surface area contributed by atoms with Gasteiger partial charge in [-0.15, -0.1) is 11.8 Å². The molecule has 1 aromatic rings. The van der Waals surface area contributed by atoms with Gasteiger partial charge in [-0.1, -0.05) is 6.92 Å². The second kappa shape index (κ2) is 5.37. The molecule has 0 radical (unpaired) electrons. The third-order valence-electron chi connectivity index (χ3n) is 2.15. The van der Waals surface area contributed by atoms with Crippen LogP contribution in [-0.4, -0.2) is 11.8 Å². The quantitative estimate of drug-likeness (QED) is 0.778. The van der Waals surface area contributed by atoms with Crippen LogP contribution in [0.5, 0.6) is 0 Å². The number of thioether (sulfide) groups is 1. The summed E-state index contributed by atoms with van der Waals surface area (Å²) in [6.45, 7) is 4.70. The summed E-state index contributed by atoms with van der Waals surface area (Å²) in [4.78, 5) is 1.13. The lowest BCUT2D eigenvalue weighted by molar-refractivity contribution is 0.625. The Hall–Kier alpha value is -0.540. The predicted octanol–water partition coefficient (Wildman–Crippen LogP) is 2.96. The smallest absolute Gasteiger partial charge is 0.123 e. The maximum absolute atomic E-state index is 12.8. The zero-order chi connectivity index (χ0) is 10.6. The number of rotatable bonds is 4. The Morgan fingerprint density at radius 3 is 2.71 bits per heavy atom. The van der Waals surface area contributed by atoms with Crippen molar-refractivity contribution in [2.24, 2.45) is 5.73 Å². The predicted molar refractivity (Wildman–Crippen MR) is 60.1 cm³/mol. The molecule has 0 heterocycles. The van der Waals surface area contributed by atoms with E-state index in [1.165, 1.54) is 6.07 Å². The number of benzene rings is 1. The summed E-state index contributed by atoms with van der Waals surface area (Å²) < 4.78 is 12.8. The zero-order valence-electron chi connectivity index (χ0n) is 8.59. The normalized spacial score (nSPS) is 12.9. The van der Waals surface area contributed by atoms with Crippen LogP contribution in [0.2, 0.25) is 0 Å². The number of halogens is 1. The molecule has 1 rings (SSSR count). The van der Waals surface area contributed by atoms with Crippen molar-refractivity contribution in [2.75, 3.05) is 6.54 Å². The molecule has 0 aliphatic heterocycles. The molecule has 1 unspecified atom stereocenters. The molecule has 0 aliphatic carbocycles. The van der Waals surface area contributed by atoms with Gasteiger partial charge in [0, 0.05) is 16.7 Å². The van der Waals surface area contributed by atoms with E-state index in [9.17, 15) is 4.39 Å². The lowest BCUT2D eigenvalue weighted by atomic mass is 10.2. The van der Waals surface area contributed by atoms with Crippen molar-refractivity contribution >= 4 is 11.8 Å². The highest BCUT2D eigenvalue weighted by atomic mass is 32.2. The number of hydrogen-bond acceptors (Lipinski definition) is 2. The summed E-state index contributed by atoms with van der Waals surface area (Å²) >= 11 is 1.73. The monoisotopic (exact) mass is 213 g/mol. The third-order valence-corrected chi connectivity index (χ3v) is 3.72. The van der Waals surface area contributed by atoms with Crippen molar-refractivity contribution in [3.63, 3.8) is 0 Å². The summed E-state index contributed by atoms with van der Waals surface area (Å²) in [5.74, 6) is -0.173. The van der Waals surface area contributed by atoms with Gasteiger partial charge < -0.3 is 5.73 Å². The minimum atomic E-state index is -0.173. The van der Waals surface area contributed by atoms with Gasteiger partial charge in [0.15, 0.2) is 0 Å². The van der Waals surface area contributed by atoms with E-state index in [0.29, 0.717) is 11.8 Å². The second-order valence-electron chi connectivity index (χ2n) is 3.29. The van der Waals surface area contributed by atoms with Gasteiger partial charge >= 0.3 is 0 Å². The van der Waals surface area contributed by atoms with Gasteiger partial charge in [-0.25, -0.2) is 4.39 Å². The molecule has 0 aliphatic rings. The first-order chi connectivity index (χ1) is 6.67. The summed E-state index contributed by atoms with van der Waals surface area (Å²) in [7, 11) is 0. The van der Waals surface area contributed by atoms with E-state index in [4.69, 9.17) is 5.73 Å². The van der Waals surface area contributed by atoms with E-state index in [-0.39, 0.29) is 5.82 Å². The molecule has 0 bridgehead atoms. The first-order valence-electron chi connectivity index (χ1n) is 4.80. The van der Waals surface area contributed by atoms with E-state index in [1.807, 2.05) is 13.0 Å². The number of hydrogen-bond donors (Lipinski definition) is 1. The van der Waals surface area contributed by atoms with Crippen molar-refractivity contribution in [1.29, 1.82) is 0 Å². The van der Waals surface area contributed by atoms with Gasteiger partial charge in [0.25, 0.3) is 0 Å². The largest absolute Gasteiger partial charge is 0.329 e. The van der Waals surface area contributed by atoms with Crippen LogP contribution in [0.25, 0.3) is 0 Å². The van der Waals surface area contributed by atoms with Gasteiger partial charge in [-0.2, -0.15) is 0 Å². The van der Waals surface area contributed by atoms with Crippen LogP contribution in [0, 0.1) is 12.7 Å². The Kier molecular flexibility index (Phi) is 4.42. The fourth-order valence-corrected chi connectivity index (χ4v) is 2.24. The van der Waals surface area contributed by atoms with Gasteiger partial charge in [0.2, 0.25) is 0 Å². The minimum Gasteiger partial charge on any atom is -0.329 e. The van der Waals surface area contributed by atoms with Crippen molar-refractivity contribution < 1.29 is 4.39 Å². The highest BCUT2D eigenvalue weighted by Gasteiger charge is 2.08. The highest BCUT2D eigenvalue weighted by Crippen LogP contribution is 2.28. The van der Waals surface area contributed by atoms with E-state index in [2.05, 4.69) is 6.92 Å². The zero-order valence-corrected chi connectivity index (χ0v) is 9.40. The molecule has 1 atom stereocenters. The number of aryl methyl sites for hydroxylation is 1. The standard InChI is InChI=1S/C11H16FNS/c1-3-10(7-13)14-11-5-4-9(12)6-8(11)2/h4-6,10H,3,7,13H2,1-2H3. The summed E-state index contributed by atoms with van der Waals surface area (Å²) in [5, 5.41) is 0.430. The molecule has 3 heteroatoms. The van der Waals surface area contributed by atoms with Crippen LogP contribution in [-0.2, 0) is 0 Å². The van der Waals surface area contributed by atoms with Gasteiger partial charge in [-0.05, 0) is 37.1 Å². The Bertz CT molecular complexity index is 297. The average Bonchev–Trinajstić information content (AvgIpc) is 2.17. The van der Waals surface area contributed by atoms with Crippen molar-refractivity contribution in [3.8, 4) is 0 Å². The van der Waals surface area contributed by atoms with E-state index >= 15 is 0 Å². The van der Waals surface area contributed by atoms with Crippen LogP contribution in [0.3, 0.4) is 0 Å². The topological polar surface area (TPSA) is 26.0 Å². The molecule has 1 aromatic carbocycles. The lowest BCUT2D eigenvalue weighted by Gasteiger charge is -2.13. The van der Waals surface area contributed by atoms with Gasteiger partial charge in [0.1, 0.15) is 5.82 Å². The Labute approximate surface area is 88.9 Å². The Balaban J connectivity index is 2.76. The minimum absolute atomic E-state index is 0.173. The molecule has 2 N–H and O–H groups in total. The molecule has 1 nitrogen and oxygen atoms in total. The van der Waals surface area contributed by atoms with E-state index in [1.54, 1.807) is 17.8 Å². The first-order valence-corrected chi connectivity index (χ1v) is 5.68. The summed E-state index contributed by atoms with van der Waals surface area (Å²) in [6, 6.07) is 4.89. The maximum atomic E-state index is 12.8. The highest BCUT2D eigenvalue weighted by molar-refractivity contribution is 8.00. The molecular weight excluding hydrogens is 197 g/mol. The molecule has 14 heavy (non-hydrogen) atoms. The molecule has 0 saturated carbocycles. The fourth-order valence-electron chi connectivity index (χ4n) is 1.22. The average molecular weight is 213 g/mol. The fraction of sp³-hybridized carbons (Fsp3) is 0.455. The molecule has 0 aromatic heterocycles. The van der Waals surface area contributed by atoms with E-state index < -0.39 is 0 Å². The van der Waals surface area contributed by atoms with Crippen LogP contribution < -0.4 is 5.73 Å². The second-order valence-corrected chi connectivity index (χ2v) is 4.64. The molecule has 0 saturated heterocycles. The van der Waals surface area contributed by atoms with Crippen LogP contribution in [0.15, 0.2) is 23.1 Å². The van der Waals surface area contributed by atoms with Crippen molar-refractivity contribution in [3.05, 3.63) is 29.6 Å². The van der Waals surface area contributed by atoms with Crippen molar-refractivity contribution in [2.45, 2.75) is 30.4 Å². The lowest BCUT2D eigenvalue weighted by Crippen LogP contribution is -2.15. The Morgan fingerprint density at radius 2 is 2.21 bits per heavy atom. The third kappa shape index (κ3) is 3.00. The van der Waals surface area contributed by atoms with Crippen LogP contribution in [0.4, 0.5) is 4.39 Å². The summed E-state index contributed by atoms with van der Waals surface area (Å²) in [6.07, 6.45) is 1.04. The van der Waals surface area contributed by atoms with Crippen LogP contribution in [0.1, 0.15) is 18.9 Å². The molecule has 0 fully saturated rings. The number of nitrogens with two attached hydrogens (primary N) is 1. The van der Waals surface area contributed by atoms with Gasteiger partial charge in [0.05, 0.1) is 0 Å². The van der Waals surface area contributed by atoms with Gasteiger partial charge in [-0.3, -0.25) is 0 Å². The Morgan fingerprint density at radius 1 is 1.50 bits per heavy atom. The maximum Gasteiger partial charge on any atom is 0.123 e. The SMILES string of the molecule is CCC(CN)Sc1ccc(F)cc1C. The first kappa shape index (κ1) is 11.5.